The van der Waals surface area contributed by atoms with Gasteiger partial charge in [-0.1, -0.05) is 48.0 Å². The molecule has 0 aliphatic carbocycles. The molecule has 3 heteroatoms. The maximum absolute atomic E-state index is 13.6. The standard InChI is InChI=1S/C15H15ClFN/c16-14-7-3-2-6-13(14)12(10-18)9-11-5-1-4-8-15(11)17/h1-8,12H,9-10,18H2. The third-order valence-corrected chi connectivity index (χ3v) is 3.40. The van der Waals surface area contributed by atoms with Crippen LogP contribution in [0.5, 0.6) is 0 Å². The van der Waals surface area contributed by atoms with Crippen molar-refractivity contribution in [3.05, 3.63) is 70.5 Å². The van der Waals surface area contributed by atoms with Gasteiger partial charge in [-0.05, 0) is 36.2 Å². The van der Waals surface area contributed by atoms with E-state index >= 15 is 0 Å². The second-order valence-corrected chi connectivity index (χ2v) is 4.66. The normalized spacial score (nSPS) is 12.4. The maximum Gasteiger partial charge on any atom is 0.126 e. The smallest absolute Gasteiger partial charge is 0.126 e. The molecule has 2 aromatic carbocycles. The van der Waals surface area contributed by atoms with Crippen molar-refractivity contribution in [1.29, 1.82) is 0 Å². The monoisotopic (exact) mass is 263 g/mol. The summed E-state index contributed by atoms with van der Waals surface area (Å²) in [6.45, 7) is 0.443. The van der Waals surface area contributed by atoms with E-state index in [-0.39, 0.29) is 11.7 Å². The van der Waals surface area contributed by atoms with Gasteiger partial charge >= 0.3 is 0 Å². The van der Waals surface area contributed by atoms with Gasteiger partial charge in [-0.15, -0.1) is 0 Å². The number of nitrogens with two attached hydrogens (primary N) is 1. The van der Waals surface area contributed by atoms with Crippen LogP contribution in [-0.4, -0.2) is 6.54 Å². The largest absolute Gasteiger partial charge is 0.330 e. The summed E-state index contributed by atoms with van der Waals surface area (Å²) in [6, 6.07) is 14.4. The second-order valence-electron chi connectivity index (χ2n) is 4.25. The van der Waals surface area contributed by atoms with Crippen molar-refractivity contribution < 1.29 is 4.39 Å². The minimum atomic E-state index is -0.192. The number of hydrogen-bond donors (Lipinski definition) is 1. The zero-order valence-electron chi connectivity index (χ0n) is 9.94. The SMILES string of the molecule is NCC(Cc1ccccc1F)c1ccccc1Cl. The highest BCUT2D eigenvalue weighted by molar-refractivity contribution is 6.31. The number of halogens is 2. The Labute approximate surface area is 111 Å². The zero-order chi connectivity index (χ0) is 13.0. The fourth-order valence-corrected chi connectivity index (χ4v) is 2.35. The molecule has 0 heterocycles. The van der Waals surface area contributed by atoms with Gasteiger partial charge in [0.05, 0.1) is 0 Å². The molecule has 0 aromatic heterocycles. The lowest BCUT2D eigenvalue weighted by Crippen LogP contribution is -2.16. The predicted octanol–water partition coefficient (Wildman–Crippen LogP) is 3.76. The molecule has 2 rings (SSSR count). The molecule has 2 aromatic rings. The molecule has 2 N–H and O–H groups in total. The number of hydrogen-bond acceptors (Lipinski definition) is 1. The molecule has 94 valence electrons. The average molecular weight is 264 g/mol. The maximum atomic E-state index is 13.6. The first kappa shape index (κ1) is 13.1. The van der Waals surface area contributed by atoms with Gasteiger partial charge in [-0.25, -0.2) is 4.39 Å². The molecule has 18 heavy (non-hydrogen) atoms. The topological polar surface area (TPSA) is 26.0 Å². The first-order valence-electron chi connectivity index (χ1n) is 5.90. The Kier molecular flexibility index (Phi) is 4.34. The van der Waals surface area contributed by atoms with Crippen molar-refractivity contribution in [2.24, 2.45) is 5.73 Å². The minimum absolute atomic E-state index is 0.0376. The van der Waals surface area contributed by atoms with E-state index in [1.165, 1.54) is 6.07 Å². The molecule has 0 saturated carbocycles. The third kappa shape index (κ3) is 2.89. The summed E-state index contributed by atoms with van der Waals surface area (Å²) < 4.78 is 13.6. The highest BCUT2D eigenvalue weighted by Crippen LogP contribution is 2.27. The summed E-state index contributed by atoms with van der Waals surface area (Å²) in [4.78, 5) is 0. The van der Waals surface area contributed by atoms with E-state index < -0.39 is 0 Å². The molecule has 0 spiro atoms. The van der Waals surface area contributed by atoms with Gasteiger partial charge in [0.1, 0.15) is 5.82 Å². The molecule has 0 saturated heterocycles. The summed E-state index contributed by atoms with van der Waals surface area (Å²) in [6.07, 6.45) is 0.562. The van der Waals surface area contributed by atoms with E-state index in [4.69, 9.17) is 17.3 Å². The van der Waals surface area contributed by atoms with E-state index in [1.54, 1.807) is 12.1 Å². The highest BCUT2D eigenvalue weighted by atomic mass is 35.5. The van der Waals surface area contributed by atoms with Crippen molar-refractivity contribution in [1.82, 2.24) is 0 Å². The van der Waals surface area contributed by atoms with Gasteiger partial charge in [-0.2, -0.15) is 0 Å². The van der Waals surface area contributed by atoms with Crippen LogP contribution >= 0.6 is 11.6 Å². The fourth-order valence-electron chi connectivity index (χ4n) is 2.06. The summed E-state index contributed by atoms with van der Waals surface area (Å²) in [7, 11) is 0. The van der Waals surface area contributed by atoms with Gasteiger partial charge in [-0.3, -0.25) is 0 Å². The van der Waals surface area contributed by atoms with Crippen LogP contribution in [0, 0.1) is 5.82 Å². The molecule has 0 amide bonds. The third-order valence-electron chi connectivity index (χ3n) is 3.05. The molecular formula is C15H15ClFN. The summed E-state index contributed by atoms with van der Waals surface area (Å²) in [5.74, 6) is -0.154. The van der Waals surface area contributed by atoms with E-state index in [1.807, 2.05) is 30.3 Å². The van der Waals surface area contributed by atoms with E-state index in [0.717, 1.165) is 5.56 Å². The van der Waals surface area contributed by atoms with Gasteiger partial charge in [0.2, 0.25) is 0 Å². The molecule has 1 unspecified atom stereocenters. The quantitative estimate of drug-likeness (QED) is 0.893. The first-order valence-corrected chi connectivity index (χ1v) is 6.28. The Morgan fingerprint density at radius 2 is 1.72 bits per heavy atom. The van der Waals surface area contributed by atoms with E-state index in [0.29, 0.717) is 23.6 Å². The van der Waals surface area contributed by atoms with Crippen molar-refractivity contribution >= 4 is 11.6 Å². The zero-order valence-corrected chi connectivity index (χ0v) is 10.7. The molecule has 0 aliphatic rings. The van der Waals surface area contributed by atoms with E-state index in [9.17, 15) is 4.39 Å². The van der Waals surface area contributed by atoms with Crippen LogP contribution in [0.15, 0.2) is 48.5 Å². The van der Waals surface area contributed by atoms with Gasteiger partial charge < -0.3 is 5.73 Å². The van der Waals surface area contributed by atoms with Crippen LogP contribution < -0.4 is 5.73 Å². The van der Waals surface area contributed by atoms with E-state index in [2.05, 4.69) is 0 Å². The number of rotatable bonds is 4. The molecule has 0 fully saturated rings. The summed E-state index contributed by atoms with van der Waals surface area (Å²) >= 11 is 6.15. The lowest BCUT2D eigenvalue weighted by Gasteiger charge is -2.17. The summed E-state index contributed by atoms with van der Waals surface area (Å²) in [5.41, 5.74) is 7.44. The lowest BCUT2D eigenvalue weighted by molar-refractivity contribution is 0.590. The Morgan fingerprint density at radius 1 is 1.06 bits per heavy atom. The molecule has 0 aliphatic heterocycles. The Morgan fingerprint density at radius 3 is 2.39 bits per heavy atom. The van der Waals surface area contributed by atoms with Crippen LogP contribution in [0.3, 0.4) is 0 Å². The lowest BCUT2D eigenvalue weighted by atomic mass is 9.92. The van der Waals surface area contributed by atoms with Crippen molar-refractivity contribution in [2.75, 3.05) is 6.54 Å². The Hall–Kier alpha value is -1.38. The predicted molar refractivity (Wildman–Crippen MR) is 73.4 cm³/mol. The molecular weight excluding hydrogens is 249 g/mol. The summed E-state index contributed by atoms with van der Waals surface area (Å²) in [5, 5.41) is 0.685. The van der Waals surface area contributed by atoms with Gasteiger partial charge in [0.25, 0.3) is 0 Å². The molecule has 0 bridgehead atoms. The highest BCUT2D eigenvalue weighted by Gasteiger charge is 2.15. The van der Waals surface area contributed by atoms with Crippen molar-refractivity contribution in [3.63, 3.8) is 0 Å². The van der Waals surface area contributed by atoms with Crippen LogP contribution in [0.4, 0.5) is 4.39 Å². The molecule has 1 nitrogen and oxygen atoms in total. The van der Waals surface area contributed by atoms with Crippen molar-refractivity contribution in [3.8, 4) is 0 Å². The average Bonchev–Trinajstić information content (AvgIpc) is 2.39. The van der Waals surface area contributed by atoms with Crippen LogP contribution in [0.2, 0.25) is 5.02 Å². The first-order chi connectivity index (χ1) is 8.72. The Balaban J connectivity index is 2.26. The van der Waals surface area contributed by atoms with Crippen LogP contribution in [0.1, 0.15) is 17.0 Å². The molecule has 1 atom stereocenters. The minimum Gasteiger partial charge on any atom is -0.330 e. The van der Waals surface area contributed by atoms with Crippen molar-refractivity contribution in [2.45, 2.75) is 12.3 Å². The fraction of sp³-hybridized carbons (Fsp3) is 0.200. The molecule has 0 radical (unpaired) electrons. The Bertz CT molecular complexity index is 527. The number of benzene rings is 2. The van der Waals surface area contributed by atoms with Crippen LogP contribution in [-0.2, 0) is 6.42 Å². The van der Waals surface area contributed by atoms with Gasteiger partial charge in [0.15, 0.2) is 0 Å². The second kappa shape index (κ2) is 5.98. The van der Waals surface area contributed by atoms with Gasteiger partial charge in [0, 0.05) is 10.9 Å². The van der Waals surface area contributed by atoms with Crippen LogP contribution in [0.25, 0.3) is 0 Å².